The van der Waals surface area contributed by atoms with E-state index in [4.69, 9.17) is 4.74 Å². The van der Waals surface area contributed by atoms with Crippen molar-refractivity contribution in [1.29, 1.82) is 0 Å². The normalized spacial score (nSPS) is 16.2. The molecule has 0 atom stereocenters. The van der Waals surface area contributed by atoms with Crippen molar-refractivity contribution in [3.05, 3.63) is 34.3 Å². The predicted octanol–water partition coefficient (Wildman–Crippen LogP) is 1.32. The highest BCUT2D eigenvalue weighted by molar-refractivity contribution is 9.10. The number of benzene rings is 1. The Balaban J connectivity index is 1.81. The Labute approximate surface area is 147 Å². The minimum absolute atomic E-state index is 0.0121. The summed E-state index contributed by atoms with van der Waals surface area (Å²) in [5.41, 5.74) is -0.782. The first-order chi connectivity index (χ1) is 11.4. The maximum absolute atomic E-state index is 12.0. The molecule has 1 heterocycles. The average molecular weight is 399 g/mol. The molecule has 130 valence electrons. The second kappa shape index (κ2) is 8.25. The van der Waals surface area contributed by atoms with Crippen LogP contribution in [0.4, 0.5) is 0 Å². The molecule has 0 saturated carbocycles. The number of carbonyl (C=O) groups excluding carboxylic acids is 2. The van der Waals surface area contributed by atoms with Crippen LogP contribution in [0.25, 0.3) is 0 Å². The van der Waals surface area contributed by atoms with Crippen molar-refractivity contribution >= 4 is 33.7 Å². The van der Waals surface area contributed by atoms with Crippen molar-refractivity contribution in [1.82, 2.24) is 10.6 Å². The molecule has 0 bridgehead atoms. The van der Waals surface area contributed by atoms with E-state index in [1.54, 1.807) is 24.3 Å². The lowest BCUT2D eigenvalue weighted by Gasteiger charge is -2.33. The van der Waals surface area contributed by atoms with Gasteiger partial charge in [-0.3, -0.25) is 9.59 Å². The number of hydrogen-bond donors (Lipinski definition) is 3. The Morgan fingerprint density at radius 3 is 2.38 bits per heavy atom. The summed E-state index contributed by atoms with van der Waals surface area (Å²) >= 11 is 3.29. The van der Waals surface area contributed by atoms with Gasteiger partial charge in [-0.25, -0.2) is 4.79 Å². The highest BCUT2D eigenvalue weighted by Crippen LogP contribution is 2.21. The minimum Gasteiger partial charge on any atom is -0.480 e. The summed E-state index contributed by atoms with van der Waals surface area (Å²) in [6.45, 7) is 0.729. The molecule has 2 amide bonds. The molecule has 0 radical (unpaired) electrons. The molecule has 7 nitrogen and oxygen atoms in total. The summed E-state index contributed by atoms with van der Waals surface area (Å²) in [5, 5.41) is 14.6. The Kier molecular flexibility index (Phi) is 6.33. The van der Waals surface area contributed by atoms with Gasteiger partial charge in [-0.05, 0) is 24.3 Å². The van der Waals surface area contributed by atoms with E-state index < -0.39 is 17.4 Å². The first-order valence-electron chi connectivity index (χ1n) is 7.59. The molecule has 1 aromatic carbocycles. The zero-order chi connectivity index (χ0) is 17.6. The summed E-state index contributed by atoms with van der Waals surface area (Å²) in [6, 6.07) is 6.84. The first-order valence-corrected chi connectivity index (χ1v) is 8.38. The van der Waals surface area contributed by atoms with Crippen LogP contribution in [0.3, 0.4) is 0 Å². The molecule has 0 spiro atoms. The van der Waals surface area contributed by atoms with Gasteiger partial charge in [-0.15, -0.1) is 0 Å². The summed E-state index contributed by atoms with van der Waals surface area (Å²) in [6.07, 6.45) is 0.483. The third kappa shape index (κ3) is 4.78. The van der Waals surface area contributed by atoms with Crippen molar-refractivity contribution in [2.24, 2.45) is 0 Å². The fourth-order valence-corrected chi connectivity index (χ4v) is 2.70. The lowest BCUT2D eigenvalue weighted by molar-refractivity contribution is -0.152. The van der Waals surface area contributed by atoms with Gasteiger partial charge in [0.1, 0.15) is 5.54 Å². The molecule has 1 aromatic rings. The Morgan fingerprint density at radius 2 is 1.79 bits per heavy atom. The van der Waals surface area contributed by atoms with Gasteiger partial charge in [0.2, 0.25) is 5.91 Å². The molecule has 2 rings (SSSR count). The van der Waals surface area contributed by atoms with Crippen molar-refractivity contribution < 1.29 is 24.2 Å². The van der Waals surface area contributed by atoms with E-state index in [-0.39, 0.29) is 31.7 Å². The van der Waals surface area contributed by atoms with E-state index in [9.17, 15) is 19.5 Å². The molecule has 1 fully saturated rings. The van der Waals surface area contributed by atoms with Crippen LogP contribution in [0.1, 0.15) is 29.6 Å². The van der Waals surface area contributed by atoms with Gasteiger partial charge in [0.25, 0.3) is 5.91 Å². The van der Waals surface area contributed by atoms with Crippen LogP contribution < -0.4 is 10.6 Å². The van der Waals surface area contributed by atoms with Crippen molar-refractivity contribution in [3.8, 4) is 0 Å². The molecule has 0 aromatic heterocycles. The van der Waals surface area contributed by atoms with E-state index in [2.05, 4.69) is 26.6 Å². The van der Waals surface area contributed by atoms with Gasteiger partial charge in [0.05, 0.1) is 0 Å². The van der Waals surface area contributed by atoms with Gasteiger partial charge < -0.3 is 20.5 Å². The minimum atomic E-state index is -1.27. The molecule has 1 saturated heterocycles. The lowest BCUT2D eigenvalue weighted by atomic mass is 9.90. The molecule has 24 heavy (non-hydrogen) atoms. The average Bonchev–Trinajstić information content (AvgIpc) is 2.56. The number of nitrogens with one attached hydrogen (secondary N) is 2. The molecule has 0 aliphatic carbocycles. The number of carboxylic acids is 1. The molecule has 1 aliphatic rings. The van der Waals surface area contributed by atoms with Crippen molar-refractivity contribution in [3.63, 3.8) is 0 Å². The van der Waals surface area contributed by atoms with E-state index >= 15 is 0 Å². The fourth-order valence-electron chi connectivity index (χ4n) is 2.43. The number of aliphatic carboxylic acids is 1. The van der Waals surface area contributed by atoms with Gasteiger partial charge in [-0.1, -0.05) is 15.9 Å². The topological polar surface area (TPSA) is 105 Å². The third-order valence-electron chi connectivity index (χ3n) is 3.88. The molecule has 1 aliphatic heterocycles. The number of carbonyl (C=O) groups is 3. The van der Waals surface area contributed by atoms with E-state index in [1.807, 2.05) is 0 Å². The lowest BCUT2D eigenvalue weighted by Crippen LogP contribution is -2.57. The van der Waals surface area contributed by atoms with Gasteiger partial charge in [0, 0.05) is 49.1 Å². The van der Waals surface area contributed by atoms with Gasteiger partial charge in [0.15, 0.2) is 0 Å². The molecule has 3 N–H and O–H groups in total. The summed E-state index contributed by atoms with van der Waals surface area (Å²) in [7, 11) is 0. The molecule has 8 heteroatoms. The van der Waals surface area contributed by atoms with Crippen LogP contribution in [0.2, 0.25) is 0 Å². The maximum Gasteiger partial charge on any atom is 0.329 e. The number of rotatable bonds is 6. The summed E-state index contributed by atoms with van der Waals surface area (Å²) < 4.78 is 6.02. The van der Waals surface area contributed by atoms with E-state index in [0.717, 1.165) is 4.47 Å². The third-order valence-corrected chi connectivity index (χ3v) is 4.41. The monoisotopic (exact) mass is 398 g/mol. The van der Waals surface area contributed by atoms with E-state index in [0.29, 0.717) is 18.8 Å². The zero-order valence-corrected chi connectivity index (χ0v) is 14.6. The van der Waals surface area contributed by atoms with Crippen molar-refractivity contribution in [2.75, 3.05) is 19.8 Å². The Hall–Kier alpha value is -1.93. The maximum atomic E-state index is 12.0. The second-order valence-corrected chi connectivity index (χ2v) is 6.48. The fraction of sp³-hybridized carbons (Fsp3) is 0.438. The van der Waals surface area contributed by atoms with E-state index in [1.165, 1.54) is 0 Å². The molecular weight excluding hydrogens is 380 g/mol. The Bertz CT molecular complexity index is 611. The largest absolute Gasteiger partial charge is 0.480 e. The molecular formula is C16H19BrN2O5. The number of halogens is 1. The van der Waals surface area contributed by atoms with Crippen LogP contribution in [-0.2, 0) is 14.3 Å². The standard InChI is InChI=1S/C16H19BrN2O5/c17-12-3-1-11(2-4-12)14(21)18-8-5-13(20)19-16(15(22)23)6-9-24-10-7-16/h1-4H,5-10H2,(H,18,21)(H,19,20)(H,22,23). The SMILES string of the molecule is O=C(CCNC(=O)c1ccc(Br)cc1)NC1(C(=O)O)CCOCC1. The van der Waals surface area contributed by atoms with Crippen molar-refractivity contribution in [2.45, 2.75) is 24.8 Å². The van der Waals surface area contributed by atoms with Crippen LogP contribution in [0.15, 0.2) is 28.7 Å². The highest BCUT2D eigenvalue weighted by atomic mass is 79.9. The van der Waals surface area contributed by atoms with Crippen LogP contribution in [0.5, 0.6) is 0 Å². The van der Waals surface area contributed by atoms with Crippen LogP contribution in [0, 0.1) is 0 Å². The smallest absolute Gasteiger partial charge is 0.329 e. The zero-order valence-electron chi connectivity index (χ0n) is 13.0. The first kappa shape index (κ1) is 18.4. The van der Waals surface area contributed by atoms with Crippen LogP contribution in [-0.4, -0.2) is 48.2 Å². The number of ether oxygens (including phenoxy) is 1. The number of carboxylic acid groups (broad SMARTS) is 1. The summed E-state index contributed by atoms with van der Waals surface area (Å²) in [4.78, 5) is 35.4. The second-order valence-electron chi connectivity index (χ2n) is 5.56. The van der Waals surface area contributed by atoms with Crippen LogP contribution >= 0.6 is 15.9 Å². The summed E-state index contributed by atoms with van der Waals surface area (Å²) in [5.74, 6) is -1.75. The van der Waals surface area contributed by atoms with Gasteiger partial charge in [-0.2, -0.15) is 0 Å². The number of amides is 2. The number of hydrogen-bond acceptors (Lipinski definition) is 4. The highest BCUT2D eigenvalue weighted by Gasteiger charge is 2.41. The quantitative estimate of drug-likeness (QED) is 0.669. The van der Waals surface area contributed by atoms with Gasteiger partial charge >= 0.3 is 5.97 Å². The molecule has 0 unspecified atom stereocenters. The predicted molar refractivity (Wildman–Crippen MR) is 89.7 cm³/mol. The Morgan fingerprint density at radius 1 is 1.17 bits per heavy atom.